The number of carbonyl (C=O) groups excluding carboxylic acids is 1. The van der Waals surface area contributed by atoms with Gasteiger partial charge in [0, 0.05) is 24.9 Å². The minimum Gasteiger partial charge on any atom is -0.343 e. The third-order valence-electron chi connectivity index (χ3n) is 2.25. The Morgan fingerprint density at radius 2 is 2.00 bits per heavy atom. The Morgan fingerprint density at radius 3 is 2.33 bits per heavy atom. The van der Waals surface area contributed by atoms with Crippen LogP contribution >= 0.6 is 11.6 Å². The number of carbonyl (C=O) groups is 1. The van der Waals surface area contributed by atoms with E-state index in [0.717, 1.165) is 6.42 Å². The van der Waals surface area contributed by atoms with Gasteiger partial charge in [-0.2, -0.15) is 0 Å². The SMILES string of the molecule is CCC(C)N(C)C(=O)C(C)CCl. The van der Waals surface area contributed by atoms with Crippen LogP contribution in [0.15, 0.2) is 0 Å². The predicted molar refractivity (Wildman–Crippen MR) is 52.4 cm³/mol. The molecule has 0 aliphatic rings. The molecule has 1 amide bonds. The lowest BCUT2D eigenvalue weighted by atomic mass is 10.1. The van der Waals surface area contributed by atoms with Crippen LogP contribution in [0.5, 0.6) is 0 Å². The molecule has 0 aromatic rings. The molecule has 0 spiro atoms. The molecule has 0 saturated heterocycles. The maximum absolute atomic E-state index is 11.5. The van der Waals surface area contributed by atoms with E-state index in [2.05, 4.69) is 6.92 Å². The number of alkyl halides is 1. The minimum absolute atomic E-state index is 0.0642. The Balaban J connectivity index is 4.09. The van der Waals surface area contributed by atoms with Crippen molar-refractivity contribution in [1.29, 1.82) is 0 Å². The summed E-state index contributed by atoms with van der Waals surface area (Å²) in [6.07, 6.45) is 0.983. The van der Waals surface area contributed by atoms with Crippen LogP contribution in [-0.4, -0.2) is 29.8 Å². The van der Waals surface area contributed by atoms with Gasteiger partial charge in [0.1, 0.15) is 0 Å². The van der Waals surface area contributed by atoms with Crippen LogP contribution < -0.4 is 0 Å². The number of halogens is 1. The van der Waals surface area contributed by atoms with Crippen molar-refractivity contribution in [3.05, 3.63) is 0 Å². The van der Waals surface area contributed by atoms with Crippen LogP contribution in [0.2, 0.25) is 0 Å². The highest BCUT2D eigenvalue weighted by molar-refractivity contribution is 6.19. The van der Waals surface area contributed by atoms with Crippen molar-refractivity contribution in [1.82, 2.24) is 4.90 Å². The molecular weight excluding hydrogens is 174 g/mol. The molecular formula is C9H18ClNO. The maximum atomic E-state index is 11.5. The average Bonchev–Trinajstić information content (AvgIpc) is 2.12. The second-order valence-electron chi connectivity index (χ2n) is 3.26. The molecule has 0 N–H and O–H groups in total. The zero-order valence-corrected chi connectivity index (χ0v) is 9.06. The number of hydrogen-bond donors (Lipinski definition) is 0. The average molecular weight is 192 g/mol. The van der Waals surface area contributed by atoms with Crippen molar-refractivity contribution >= 4 is 17.5 Å². The van der Waals surface area contributed by atoms with E-state index in [9.17, 15) is 4.79 Å². The van der Waals surface area contributed by atoms with Gasteiger partial charge in [0.2, 0.25) is 5.91 Å². The van der Waals surface area contributed by atoms with Crippen molar-refractivity contribution in [3.8, 4) is 0 Å². The van der Waals surface area contributed by atoms with Crippen LogP contribution in [0.1, 0.15) is 27.2 Å². The van der Waals surface area contributed by atoms with Crippen LogP contribution in [0.25, 0.3) is 0 Å². The summed E-state index contributed by atoms with van der Waals surface area (Å²) in [6, 6.07) is 0.308. The van der Waals surface area contributed by atoms with Gasteiger partial charge in [0.15, 0.2) is 0 Å². The Labute approximate surface area is 79.9 Å². The highest BCUT2D eigenvalue weighted by Gasteiger charge is 2.19. The molecule has 0 bridgehead atoms. The zero-order chi connectivity index (χ0) is 9.72. The molecule has 2 unspecified atom stereocenters. The smallest absolute Gasteiger partial charge is 0.226 e. The quantitative estimate of drug-likeness (QED) is 0.624. The van der Waals surface area contributed by atoms with Crippen molar-refractivity contribution in [2.75, 3.05) is 12.9 Å². The van der Waals surface area contributed by atoms with E-state index >= 15 is 0 Å². The highest BCUT2D eigenvalue weighted by atomic mass is 35.5. The molecule has 0 radical (unpaired) electrons. The summed E-state index contributed by atoms with van der Waals surface area (Å²) < 4.78 is 0. The summed E-state index contributed by atoms with van der Waals surface area (Å²) in [7, 11) is 1.83. The van der Waals surface area contributed by atoms with Crippen LogP contribution in [0.3, 0.4) is 0 Å². The van der Waals surface area contributed by atoms with Gasteiger partial charge in [0.25, 0.3) is 0 Å². The predicted octanol–water partition coefficient (Wildman–Crippen LogP) is 2.12. The molecule has 0 aromatic heterocycles. The topological polar surface area (TPSA) is 20.3 Å². The molecule has 0 saturated carbocycles. The van der Waals surface area contributed by atoms with E-state index < -0.39 is 0 Å². The zero-order valence-electron chi connectivity index (χ0n) is 8.30. The van der Waals surface area contributed by atoms with Gasteiger partial charge < -0.3 is 4.90 Å². The van der Waals surface area contributed by atoms with Gasteiger partial charge in [-0.1, -0.05) is 13.8 Å². The highest BCUT2D eigenvalue weighted by Crippen LogP contribution is 2.08. The summed E-state index contributed by atoms with van der Waals surface area (Å²) in [5, 5.41) is 0. The third-order valence-corrected chi connectivity index (χ3v) is 2.72. The summed E-state index contributed by atoms with van der Waals surface area (Å²) in [6.45, 7) is 5.97. The second kappa shape index (κ2) is 5.41. The first-order valence-corrected chi connectivity index (χ1v) is 4.90. The van der Waals surface area contributed by atoms with Gasteiger partial charge in [-0.25, -0.2) is 0 Å². The molecule has 12 heavy (non-hydrogen) atoms. The summed E-state index contributed by atoms with van der Waals surface area (Å²) >= 11 is 5.59. The number of rotatable bonds is 4. The molecule has 0 aliphatic heterocycles. The second-order valence-corrected chi connectivity index (χ2v) is 3.57. The molecule has 2 atom stereocenters. The number of nitrogens with zero attached hydrogens (tertiary/aromatic N) is 1. The molecule has 0 aliphatic carbocycles. The van der Waals surface area contributed by atoms with E-state index in [1.54, 1.807) is 4.90 Å². The Bertz CT molecular complexity index is 149. The van der Waals surface area contributed by atoms with Crippen LogP contribution in [-0.2, 0) is 4.79 Å². The van der Waals surface area contributed by atoms with Crippen LogP contribution in [0, 0.1) is 5.92 Å². The maximum Gasteiger partial charge on any atom is 0.226 e. The molecule has 0 rings (SSSR count). The van der Waals surface area contributed by atoms with E-state index in [-0.39, 0.29) is 11.8 Å². The molecule has 0 aromatic carbocycles. The van der Waals surface area contributed by atoms with E-state index in [1.165, 1.54) is 0 Å². The largest absolute Gasteiger partial charge is 0.343 e. The first-order chi connectivity index (χ1) is 5.54. The lowest BCUT2D eigenvalue weighted by molar-refractivity contribution is -0.134. The Kier molecular flexibility index (Phi) is 5.31. The first-order valence-electron chi connectivity index (χ1n) is 4.37. The van der Waals surface area contributed by atoms with Crippen LogP contribution in [0.4, 0.5) is 0 Å². The van der Waals surface area contributed by atoms with Crippen molar-refractivity contribution in [3.63, 3.8) is 0 Å². The van der Waals surface area contributed by atoms with Gasteiger partial charge in [-0.15, -0.1) is 11.6 Å². The van der Waals surface area contributed by atoms with E-state index in [4.69, 9.17) is 11.6 Å². The third kappa shape index (κ3) is 3.02. The van der Waals surface area contributed by atoms with Crippen molar-refractivity contribution < 1.29 is 4.79 Å². The summed E-state index contributed by atoms with van der Waals surface area (Å²) in [5.41, 5.74) is 0. The normalized spacial score (nSPS) is 15.4. The van der Waals surface area contributed by atoms with Crippen molar-refractivity contribution in [2.45, 2.75) is 33.2 Å². The standard InChI is InChI=1S/C9H18ClNO/c1-5-8(3)11(4)9(12)7(2)6-10/h7-8H,5-6H2,1-4H3. The van der Waals surface area contributed by atoms with Gasteiger partial charge in [0.05, 0.1) is 0 Å². The number of amides is 1. The fraction of sp³-hybridized carbons (Fsp3) is 0.889. The fourth-order valence-electron chi connectivity index (χ4n) is 0.905. The number of hydrogen-bond acceptors (Lipinski definition) is 1. The lowest BCUT2D eigenvalue weighted by Crippen LogP contribution is -2.38. The monoisotopic (exact) mass is 191 g/mol. The van der Waals surface area contributed by atoms with Crippen molar-refractivity contribution in [2.24, 2.45) is 5.92 Å². The van der Waals surface area contributed by atoms with Gasteiger partial charge in [-0.3, -0.25) is 4.79 Å². The minimum atomic E-state index is -0.0642. The van der Waals surface area contributed by atoms with Gasteiger partial charge >= 0.3 is 0 Å². The molecule has 3 heteroatoms. The van der Waals surface area contributed by atoms with Gasteiger partial charge in [-0.05, 0) is 13.3 Å². The summed E-state index contributed by atoms with van der Waals surface area (Å²) in [5.74, 6) is 0.476. The Morgan fingerprint density at radius 1 is 1.50 bits per heavy atom. The lowest BCUT2D eigenvalue weighted by Gasteiger charge is -2.26. The van der Waals surface area contributed by atoms with E-state index in [1.807, 2.05) is 20.9 Å². The Hall–Kier alpha value is -0.240. The fourth-order valence-corrected chi connectivity index (χ4v) is 1.04. The molecule has 0 heterocycles. The first kappa shape index (κ1) is 11.8. The molecule has 2 nitrogen and oxygen atoms in total. The summed E-state index contributed by atoms with van der Waals surface area (Å²) in [4.78, 5) is 13.3. The molecule has 0 fully saturated rings. The van der Waals surface area contributed by atoms with E-state index in [0.29, 0.717) is 11.9 Å². The molecule has 72 valence electrons.